The Morgan fingerprint density at radius 3 is 1.50 bits per heavy atom. The van der Waals surface area contributed by atoms with Crippen LogP contribution in [0.1, 0.15) is 92.0 Å². The Morgan fingerprint density at radius 2 is 1.03 bits per heavy atom. The molecule has 13 nitrogen and oxygen atoms in total. The summed E-state index contributed by atoms with van der Waals surface area (Å²) in [6.45, 7) is 7.32. The average Bonchev–Trinajstić information content (AvgIpc) is 4.25. The van der Waals surface area contributed by atoms with Crippen LogP contribution in [0.4, 0.5) is 4.79 Å². The molecule has 2 aromatic carbocycles. The summed E-state index contributed by atoms with van der Waals surface area (Å²) >= 11 is 0. The highest BCUT2D eigenvalue weighted by Gasteiger charge is 2.40. The molecule has 324 valence electrons. The lowest BCUT2D eigenvalue weighted by molar-refractivity contribution is -0.139. The van der Waals surface area contributed by atoms with Crippen molar-refractivity contribution in [1.29, 1.82) is 0 Å². The van der Waals surface area contributed by atoms with Crippen molar-refractivity contribution in [2.45, 2.75) is 95.0 Å². The number of hydrogen-bond donors (Lipinski definition) is 1. The van der Waals surface area contributed by atoms with Gasteiger partial charge in [0, 0.05) is 70.2 Å². The predicted molar refractivity (Wildman–Crippen MR) is 232 cm³/mol. The molecule has 2 saturated carbocycles. The minimum atomic E-state index is -0.630. The molecule has 4 aromatic rings. The highest BCUT2D eigenvalue weighted by atomic mass is 16.5. The van der Waals surface area contributed by atoms with Crippen LogP contribution < -0.4 is 14.8 Å². The number of carbonyl (C=O) groups is 4. The number of likely N-dealkylation sites (tertiary alicyclic amines) is 3. The maximum absolute atomic E-state index is 12.8. The summed E-state index contributed by atoms with van der Waals surface area (Å²) in [5, 5.41) is 2.76. The van der Waals surface area contributed by atoms with Gasteiger partial charge in [-0.05, 0) is 85.5 Å². The lowest BCUT2D eigenvalue weighted by atomic mass is 9.98. The molecular weight excluding hydrogens is 783 g/mol. The molecule has 6 heterocycles. The van der Waals surface area contributed by atoms with E-state index in [1.807, 2.05) is 84.9 Å². The van der Waals surface area contributed by atoms with Gasteiger partial charge in [0.15, 0.2) is 0 Å². The van der Waals surface area contributed by atoms with Crippen LogP contribution in [-0.2, 0) is 27.5 Å². The van der Waals surface area contributed by atoms with Crippen molar-refractivity contribution in [2.24, 2.45) is 11.8 Å². The SMILES string of the molecule is O=C1C[C@H](c2ccccc2)C(=O)N1Cc1ccc(OC2CCN(CC3CC3)CC2)nc1.O=C1N[C@H](c2ccccc2)C(=O)N1Cc1ccc(OC2CCN(CC3CC3)CC2)nc1. The van der Waals surface area contributed by atoms with Crippen molar-refractivity contribution in [3.05, 3.63) is 120 Å². The maximum Gasteiger partial charge on any atom is 0.325 e. The summed E-state index contributed by atoms with van der Waals surface area (Å²) in [7, 11) is 0. The number of nitrogens with zero attached hydrogens (tertiary/aromatic N) is 6. The van der Waals surface area contributed by atoms with Crippen LogP contribution in [0.5, 0.6) is 11.8 Å². The Morgan fingerprint density at radius 1 is 0.548 bits per heavy atom. The van der Waals surface area contributed by atoms with E-state index in [0.717, 1.165) is 86.0 Å². The number of ether oxygens (including phenoxy) is 2. The van der Waals surface area contributed by atoms with Gasteiger partial charge in [0.2, 0.25) is 23.6 Å². The molecule has 62 heavy (non-hydrogen) atoms. The molecule has 2 aromatic heterocycles. The first kappa shape index (κ1) is 41.7. The van der Waals surface area contributed by atoms with Gasteiger partial charge in [-0.2, -0.15) is 0 Å². The Balaban J connectivity index is 0.000000158. The number of pyridine rings is 2. The van der Waals surface area contributed by atoms with Crippen LogP contribution in [0, 0.1) is 11.8 Å². The number of piperidine rings is 2. The van der Waals surface area contributed by atoms with E-state index < -0.39 is 6.04 Å². The molecule has 5 amide bonds. The van der Waals surface area contributed by atoms with E-state index in [-0.39, 0.29) is 61.4 Å². The predicted octanol–water partition coefficient (Wildman–Crippen LogP) is 6.51. The molecule has 0 bridgehead atoms. The average molecular weight is 840 g/mol. The molecule has 2 aliphatic carbocycles. The highest BCUT2D eigenvalue weighted by Crippen LogP contribution is 2.33. The lowest BCUT2D eigenvalue weighted by Crippen LogP contribution is -2.39. The molecule has 13 heteroatoms. The topological polar surface area (TPSA) is 138 Å². The fourth-order valence-electron chi connectivity index (χ4n) is 8.94. The third-order valence-electron chi connectivity index (χ3n) is 13.0. The fourth-order valence-corrected chi connectivity index (χ4v) is 8.94. The summed E-state index contributed by atoms with van der Waals surface area (Å²) in [6.07, 6.45) is 13.8. The highest BCUT2D eigenvalue weighted by molar-refractivity contribution is 6.06. The number of imide groups is 2. The minimum absolute atomic E-state index is 0.128. The third kappa shape index (κ3) is 10.7. The zero-order valence-electron chi connectivity index (χ0n) is 35.4. The standard InChI is InChI=1S/C25H29N3O3.C24H28N4O3/c29-24-14-22(20-4-2-1-3-5-20)25(30)28(24)17-19-8-9-23(26-15-19)31-21-10-12-27(13-11-21)16-18-6-7-18;29-23-22(19-4-2-1-3-5-19)26-24(30)28(23)16-18-8-9-21(25-14-18)31-20-10-12-27(13-11-20)15-17-6-7-17/h1-5,8-9,15,18,21-22H,6-7,10-14,16-17H2;1-5,8-9,14,17,20,22H,6-7,10-13,15-16H2,(H,26,30)/t2*22-/m11/s1. The van der Waals surface area contributed by atoms with Crippen molar-refractivity contribution >= 4 is 23.8 Å². The van der Waals surface area contributed by atoms with E-state index in [1.165, 1.54) is 48.6 Å². The molecular formula is C49H57N7O6. The monoisotopic (exact) mass is 839 g/mol. The first-order valence-electron chi connectivity index (χ1n) is 22.5. The summed E-state index contributed by atoms with van der Waals surface area (Å²) in [6, 6.07) is 25.3. The number of carbonyl (C=O) groups excluding carboxylic acids is 4. The summed E-state index contributed by atoms with van der Waals surface area (Å²) < 4.78 is 12.1. The van der Waals surface area contributed by atoms with Gasteiger partial charge in [-0.1, -0.05) is 72.8 Å². The molecule has 6 aliphatic rings. The molecule has 2 atom stereocenters. The molecule has 0 radical (unpaired) electrons. The van der Waals surface area contributed by atoms with Crippen molar-refractivity contribution in [3.8, 4) is 11.8 Å². The normalized spacial score (nSPS) is 22.7. The largest absolute Gasteiger partial charge is 0.474 e. The van der Waals surface area contributed by atoms with E-state index in [9.17, 15) is 19.2 Å². The van der Waals surface area contributed by atoms with Crippen molar-refractivity contribution in [2.75, 3.05) is 39.3 Å². The van der Waals surface area contributed by atoms with Crippen LogP contribution in [0.25, 0.3) is 0 Å². The fraction of sp³-hybridized carbons (Fsp3) is 0.469. The molecule has 4 saturated heterocycles. The van der Waals surface area contributed by atoms with Crippen molar-refractivity contribution < 1.29 is 28.7 Å². The summed E-state index contributed by atoms with van der Waals surface area (Å²) in [5.74, 6) is 2.20. The molecule has 0 unspecified atom stereocenters. The van der Waals surface area contributed by atoms with E-state index in [0.29, 0.717) is 11.8 Å². The van der Waals surface area contributed by atoms with Crippen molar-refractivity contribution in [3.63, 3.8) is 0 Å². The third-order valence-corrected chi connectivity index (χ3v) is 13.0. The smallest absolute Gasteiger partial charge is 0.325 e. The van der Waals surface area contributed by atoms with E-state index in [2.05, 4.69) is 25.1 Å². The van der Waals surface area contributed by atoms with Crippen molar-refractivity contribution in [1.82, 2.24) is 34.9 Å². The number of rotatable bonds is 14. The zero-order chi connectivity index (χ0) is 42.4. The van der Waals surface area contributed by atoms with Gasteiger partial charge in [0.1, 0.15) is 18.2 Å². The first-order valence-corrected chi connectivity index (χ1v) is 22.5. The molecule has 6 fully saturated rings. The quantitative estimate of drug-likeness (QED) is 0.111. The molecule has 10 rings (SSSR count). The Hall–Kier alpha value is -5.66. The summed E-state index contributed by atoms with van der Waals surface area (Å²) in [5.41, 5.74) is 3.31. The molecule has 1 N–H and O–H groups in total. The van der Waals surface area contributed by atoms with Gasteiger partial charge in [-0.25, -0.2) is 14.8 Å². The lowest BCUT2D eigenvalue weighted by Gasteiger charge is -2.31. The first-order chi connectivity index (χ1) is 30.3. The van der Waals surface area contributed by atoms with Gasteiger partial charge in [-0.3, -0.25) is 24.2 Å². The van der Waals surface area contributed by atoms with Crippen LogP contribution in [0.15, 0.2) is 97.3 Å². The maximum atomic E-state index is 12.8. The second kappa shape index (κ2) is 19.2. The van der Waals surface area contributed by atoms with Crippen LogP contribution in [0.2, 0.25) is 0 Å². The van der Waals surface area contributed by atoms with Gasteiger partial charge < -0.3 is 24.6 Å². The number of urea groups is 1. The zero-order valence-corrected chi connectivity index (χ0v) is 35.4. The summed E-state index contributed by atoms with van der Waals surface area (Å²) in [4.78, 5) is 66.9. The van der Waals surface area contributed by atoms with Gasteiger partial charge in [0.25, 0.3) is 5.91 Å². The molecule has 0 spiro atoms. The second-order valence-electron chi connectivity index (χ2n) is 17.8. The number of aromatic nitrogens is 2. The van der Waals surface area contributed by atoms with Gasteiger partial charge in [0.05, 0.1) is 19.0 Å². The number of nitrogens with one attached hydrogen (secondary N) is 1. The number of benzene rings is 2. The molecule has 4 aliphatic heterocycles. The second-order valence-corrected chi connectivity index (χ2v) is 17.8. The van der Waals surface area contributed by atoms with Gasteiger partial charge >= 0.3 is 6.03 Å². The minimum Gasteiger partial charge on any atom is -0.474 e. The number of amides is 5. The number of hydrogen-bond acceptors (Lipinski definition) is 10. The van der Waals surface area contributed by atoms with Crippen LogP contribution in [-0.4, -0.2) is 105 Å². The van der Waals surface area contributed by atoms with E-state index >= 15 is 0 Å². The Kier molecular flexibility index (Phi) is 12.9. The van der Waals surface area contributed by atoms with E-state index in [1.54, 1.807) is 12.4 Å². The Bertz CT molecular complexity index is 2000. The van der Waals surface area contributed by atoms with E-state index in [4.69, 9.17) is 9.47 Å². The van der Waals surface area contributed by atoms with Crippen LogP contribution in [0.3, 0.4) is 0 Å². The van der Waals surface area contributed by atoms with Crippen LogP contribution >= 0.6 is 0 Å². The Labute approximate surface area is 363 Å². The van der Waals surface area contributed by atoms with Gasteiger partial charge in [-0.15, -0.1) is 0 Å².